The maximum absolute atomic E-state index is 13.1. The van der Waals surface area contributed by atoms with E-state index in [4.69, 9.17) is 9.90 Å². The second-order valence-corrected chi connectivity index (χ2v) is 8.84. The van der Waals surface area contributed by atoms with Crippen molar-refractivity contribution in [3.63, 3.8) is 0 Å². The third-order valence-corrected chi connectivity index (χ3v) is 5.87. The minimum absolute atomic E-state index is 0.0297. The van der Waals surface area contributed by atoms with Crippen molar-refractivity contribution in [3.05, 3.63) is 14.5 Å². The van der Waals surface area contributed by atoms with Crippen LogP contribution in [-0.2, 0) is 9.59 Å². The number of likely N-dealkylation sites (tertiary alicyclic amines) is 1. The van der Waals surface area contributed by atoms with Gasteiger partial charge in [-0.2, -0.15) is 26.3 Å². The van der Waals surface area contributed by atoms with E-state index in [0.29, 0.717) is 9.61 Å². The number of aromatic nitrogens is 1. The summed E-state index contributed by atoms with van der Waals surface area (Å²) in [7, 11) is 0. The average molecular weight is 527 g/mol. The van der Waals surface area contributed by atoms with E-state index in [9.17, 15) is 36.2 Å². The van der Waals surface area contributed by atoms with E-state index in [1.165, 1.54) is 16.2 Å². The fourth-order valence-corrected chi connectivity index (χ4v) is 4.56. The Morgan fingerprint density at radius 2 is 1.77 bits per heavy atom. The first-order valence-corrected chi connectivity index (χ1v) is 9.61. The van der Waals surface area contributed by atoms with Crippen LogP contribution in [0.3, 0.4) is 0 Å². The van der Waals surface area contributed by atoms with Crippen LogP contribution in [0.4, 0.5) is 26.3 Å². The van der Waals surface area contributed by atoms with Crippen molar-refractivity contribution < 1.29 is 46.1 Å². The van der Waals surface area contributed by atoms with Gasteiger partial charge in [0.1, 0.15) is 0 Å². The summed E-state index contributed by atoms with van der Waals surface area (Å²) in [5.41, 5.74) is -1.98. The van der Waals surface area contributed by atoms with Gasteiger partial charge >= 0.3 is 24.3 Å². The Bertz CT molecular complexity index is 852. The molecule has 1 aromatic rings. The van der Waals surface area contributed by atoms with E-state index in [0.717, 1.165) is 4.88 Å². The molecule has 3 rings (SSSR count). The summed E-state index contributed by atoms with van der Waals surface area (Å²) >= 11 is 4.50. The number of carboxylic acid groups (broad SMARTS) is 2. The second kappa shape index (κ2) is 8.37. The molecule has 0 radical (unpaired) electrons. The predicted octanol–water partition coefficient (Wildman–Crippen LogP) is 4.02. The first-order chi connectivity index (χ1) is 13.6. The highest BCUT2D eigenvalue weighted by molar-refractivity contribution is 9.11. The highest BCUT2D eigenvalue weighted by Crippen LogP contribution is 2.52. The molecule has 2 aliphatic rings. The van der Waals surface area contributed by atoms with Gasteiger partial charge < -0.3 is 10.2 Å². The number of halogens is 7. The maximum atomic E-state index is 13.1. The SMILES string of the molecule is Cc1sc(Br)nc1C(C(=O)O)N1CCC(C2(C(F)(F)F)N=N2)C1.O=C(O)C(F)(F)F. The van der Waals surface area contributed by atoms with Crippen LogP contribution in [-0.4, -0.2) is 63.1 Å². The van der Waals surface area contributed by atoms with E-state index in [-0.39, 0.29) is 19.5 Å². The average Bonchev–Trinajstić information content (AvgIpc) is 3.16. The van der Waals surface area contributed by atoms with Gasteiger partial charge in [0.2, 0.25) is 0 Å². The molecule has 0 saturated carbocycles. The highest BCUT2D eigenvalue weighted by Gasteiger charge is 2.69. The molecule has 1 fully saturated rings. The zero-order chi connectivity index (χ0) is 23.1. The molecule has 0 aliphatic carbocycles. The number of nitrogens with zero attached hydrogens (tertiary/aromatic N) is 4. The van der Waals surface area contributed by atoms with Crippen molar-refractivity contribution in [2.24, 2.45) is 16.1 Å². The van der Waals surface area contributed by atoms with Crippen LogP contribution in [0.15, 0.2) is 14.1 Å². The smallest absolute Gasteiger partial charge is 0.480 e. The predicted molar refractivity (Wildman–Crippen MR) is 91.9 cm³/mol. The Labute approximate surface area is 176 Å². The van der Waals surface area contributed by atoms with Crippen LogP contribution in [0.1, 0.15) is 23.0 Å². The van der Waals surface area contributed by atoms with Gasteiger partial charge in [0.05, 0.1) is 5.69 Å². The Kier molecular flexibility index (Phi) is 6.83. The number of alkyl halides is 6. The molecule has 168 valence electrons. The van der Waals surface area contributed by atoms with Crippen LogP contribution in [0, 0.1) is 12.8 Å². The molecule has 1 aromatic heterocycles. The molecule has 0 spiro atoms. The Balaban J connectivity index is 0.000000396. The molecule has 2 aliphatic heterocycles. The molecule has 2 atom stereocenters. The van der Waals surface area contributed by atoms with Crippen molar-refractivity contribution in [2.45, 2.75) is 37.4 Å². The first kappa shape index (κ1) is 24.5. The number of thiazole rings is 1. The third kappa shape index (κ3) is 5.08. The number of rotatable bonds is 4. The standard InChI is InChI=1S/C12H12BrF3N4O2S.C2HF3O2/c1-5-7(17-10(13)23-5)8(9(21)22)20-3-2-6(4-20)11(18-19-11)12(14,15)16;3-2(4,5)1(6)7/h6,8H,2-4H2,1H3,(H,21,22);(H,6,7). The number of aryl methyl sites for hydroxylation is 1. The lowest BCUT2D eigenvalue weighted by atomic mass is 9.95. The molecule has 0 amide bonds. The van der Waals surface area contributed by atoms with Gasteiger partial charge in [0, 0.05) is 17.3 Å². The van der Waals surface area contributed by atoms with E-state index in [1.54, 1.807) is 6.92 Å². The zero-order valence-corrected chi connectivity index (χ0v) is 17.2. The van der Waals surface area contributed by atoms with Gasteiger partial charge in [-0.1, -0.05) is 0 Å². The van der Waals surface area contributed by atoms with Gasteiger partial charge in [0.15, 0.2) is 9.96 Å². The van der Waals surface area contributed by atoms with E-state index >= 15 is 0 Å². The van der Waals surface area contributed by atoms with Crippen molar-refractivity contribution in [1.29, 1.82) is 0 Å². The number of hydrogen-bond acceptors (Lipinski definition) is 7. The van der Waals surface area contributed by atoms with Crippen molar-refractivity contribution in [3.8, 4) is 0 Å². The minimum Gasteiger partial charge on any atom is -0.480 e. The molecule has 0 aromatic carbocycles. The molecule has 30 heavy (non-hydrogen) atoms. The number of carbonyl (C=O) groups is 2. The van der Waals surface area contributed by atoms with Gasteiger partial charge in [-0.05, 0) is 35.8 Å². The summed E-state index contributed by atoms with van der Waals surface area (Å²) in [6, 6.07) is -1.06. The maximum Gasteiger partial charge on any atom is 0.490 e. The van der Waals surface area contributed by atoms with E-state index in [2.05, 4.69) is 31.1 Å². The summed E-state index contributed by atoms with van der Waals surface area (Å²) in [6.45, 7) is 1.95. The van der Waals surface area contributed by atoms with Crippen LogP contribution >= 0.6 is 27.3 Å². The highest BCUT2D eigenvalue weighted by atomic mass is 79.9. The summed E-state index contributed by atoms with van der Waals surface area (Å²) in [4.78, 5) is 27.0. The van der Waals surface area contributed by atoms with Crippen LogP contribution in [0.5, 0.6) is 0 Å². The summed E-state index contributed by atoms with van der Waals surface area (Å²) in [5, 5.41) is 23.1. The molecule has 2 N–H and O–H groups in total. The fourth-order valence-electron chi connectivity index (χ4n) is 2.99. The Hall–Kier alpha value is -1.81. The Morgan fingerprint density at radius 3 is 2.10 bits per heavy atom. The van der Waals surface area contributed by atoms with Gasteiger partial charge in [-0.15, -0.1) is 21.6 Å². The molecular weight excluding hydrogens is 514 g/mol. The number of hydrogen-bond donors (Lipinski definition) is 2. The van der Waals surface area contributed by atoms with E-state index in [1.807, 2.05) is 0 Å². The lowest BCUT2D eigenvalue weighted by Gasteiger charge is -2.25. The molecule has 2 unspecified atom stereocenters. The topological polar surface area (TPSA) is 115 Å². The number of carboxylic acids is 2. The summed E-state index contributed by atoms with van der Waals surface area (Å²) in [6.07, 6.45) is -9.42. The number of aliphatic carboxylic acids is 2. The molecule has 16 heteroatoms. The first-order valence-electron chi connectivity index (χ1n) is 8.00. The zero-order valence-electron chi connectivity index (χ0n) is 14.8. The van der Waals surface area contributed by atoms with Gasteiger partial charge in [0.25, 0.3) is 5.66 Å². The van der Waals surface area contributed by atoms with Crippen LogP contribution in [0.2, 0.25) is 0 Å². The quantitative estimate of drug-likeness (QED) is 0.572. The van der Waals surface area contributed by atoms with E-state index < -0.39 is 41.9 Å². The Morgan fingerprint density at radius 1 is 1.23 bits per heavy atom. The molecule has 0 bridgehead atoms. The van der Waals surface area contributed by atoms with Gasteiger partial charge in [-0.3, -0.25) is 9.69 Å². The molecular formula is C14H13BrF6N4O4S. The largest absolute Gasteiger partial charge is 0.490 e. The fraction of sp³-hybridized carbons (Fsp3) is 0.643. The van der Waals surface area contributed by atoms with Crippen molar-refractivity contribution >= 4 is 39.2 Å². The normalized spacial score (nSPS) is 21.7. The second-order valence-electron chi connectivity index (χ2n) is 6.36. The summed E-state index contributed by atoms with van der Waals surface area (Å²) < 4.78 is 71.5. The minimum atomic E-state index is -5.08. The van der Waals surface area contributed by atoms with Crippen molar-refractivity contribution in [1.82, 2.24) is 9.88 Å². The third-order valence-electron chi connectivity index (χ3n) is 4.43. The summed E-state index contributed by atoms with van der Waals surface area (Å²) in [5.74, 6) is -4.74. The molecule has 1 saturated heterocycles. The van der Waals surface area contributed by atoms with Crippen LogP contribution < -0.4 is 0 Å². The van der Waals surface area contributed by atoms with Crippen LogP contribution in [0.25, 0.3) is 0 Å². The van der Waals surface area contributed by atoms with Gasteiger partial charge in [-0.25, -0.2) is 9.78 Å². The molecule has 3 heterocycles. The monoisotopic (exact) mass is 526 g/mol. The molecule has 8 nitrogen and oxygen atoms in total. The lowest BCUT2D eigenvalue weighted by molar-refractivity contribution is -0.192. The van der Waals surface area contributed by atoms with Crippen molar-refractivity contribution in [2.75, 3.05) is 13.1 Å². The lowest BCUT2D eigenvalue weighted by Crippen LogP contribution is -2.42.